The molecule has 0 aliphatic carbocycles. The Kier molecular flexibility index (Phi) is 5.51. The zero-order valence-corrected chi connectivity index (χ0v) is 19.0. The van der Waals surface area contributed by atoms with Crippen LogP contribution in [0, 0.1) is 5.82 Å². The van der Waals surface area contributed by atoms with Gasteiger partial charge in [0.05, 0.1) is 17.3 Å². The summed E-state index contributed by atoms with van der Waals surface area (Å²) >= 11 is 3.46. The van der Waals surface area contributed by atoms with Crippen LogP contribution in [0.1, 0.15) is 31.9 Å². The van der Waals surface area contributed by atoms with Crippen LogP contribution in [0.5, 0.6) is 5.88 Å². The molecule has 1 aliphatic heterocycles. The van der Waals surface area contributed by atoms with E-state index in [-0.39, 0.29) is 18.0 Å². The van der Waals surface area contributed by atoms with Crippen molar-refractivity contribution in [3.63, 3.8) is 0 Å². The number of nitrogens with one attached hydrogen (secondary N) is 1. The molecule has 1 aromatic heterocycles. The molecule has 1 fully saturated rings. The van der Waals surface area contributed by atoms with Crippen molar-refractivity contribution in [1.29, 1.82) is 0 Å². The number of nitrogens with zero attached hydrogens (tertiary/aromatic N) is 2. The molecule has 6 nitrogen and oxygen atoms in total. The minimum atomic E-state index is -0.568. The van der Waals surface area contributed by atoms with Crippen molar-refractivity contribution in [1.82, 2.24) is 9.88 Å². The highest BCUT2D eigenvalue weighted by Crippen LogP contribution is 2.33. The molecule has 2 aromatic carbocycles. The second kappa shape index (κ2) is 8.00. The minimum Gasteiger partial charge on any atom is -0.494 e. The number of rotatable bonds is 3. The van der Waals surface area contributed by atoms with Crippen LogP contribution in [0.4, 0.5) is 9.18 Å². The quantitative estimate of drug-likeness (QED) is 0.496. The number of aromatic hydroxyl groups is 1. The first-order valence-corrected chi connectivity index (χ1v) is 10.7. The van der Waals surface area contributed by atoms with Crippen LogP contribution >= 0.6 is 15.9 Å². The van der Waals surface area contributed by atoms with E-state index in [0.29, 0.717) is 29.9 Å². The summed E-state index contributed by atoms with van der Waals surface area (Å²) in [5, 5.41) is 11.4. The Labute approximate surface area is 187 Å². The number of amides is 1. The van der Waals surface area contributed by atoms with Crippen molar-refractivity contribution in [2.75, 3.05) is 13.1 Å². The van der Waals surface area contributed by atoms with Gasteiger partial charge in [0, 0.05) is 34.0 Å². The van der Waals surface area contributed by atoms with Crippen LogP contribution in [0.2, 0.25) is 0 Å². The maximum Gasteiger partial charge on any atom is 0.410 e. The van der Waals surface area contributed by atoms with Crippen molar-refractivity contribution < 1.29 is 19.0 Å². The number of aromatic nitrogens is 1. The summed E-state index contributed by atoms with van der Waals surface area (Å²) in [7, 11) is 0. The minimum absolute atomic E-state index is 0.0422. The summed E-state index contributed by atoms with van der Waals surface area (Å²) in [6.07, 6.45) is -0.384. The highest BCUT2D eigenvalue weighted by molar-refractivity contribution is 9.10. The molecule has 1 amide bonds. The van der Waals surface area contributed by atoms with Crippen LogP contribution < -0.4 is 0 Å². The SMILES string of the molecule is CC(C)(C)OC(=O)N1CC(N=C(c2cccc(F)c2)c2c(O)[nH]c3ccc(Br)cc23)C1. The second-order valence-corrected chi connectivity index (χ2v) is 9.48. The fraction of sp³-hybridized carbons (Fsp3) is 0.304. The fourth-order valence-electron chi connectivity index (χ4n) is 3.50. The van der Waals surface area contributed by atoms with Gasteiger partial charge in [-0.1, -0.05) is 28.1 Å². The Morgan fingerprint density at radius 2 is 2.00 bits per heavy atom. The molecule has 3 aromatic rings. The van der Waals surface area contributed by atoms with E-state index in [4.69, 9.17) is 9.73 Å². The first-order valence-electron chi connectivity index (χ1n) is 9.93. The molecule has 0 atom stereocenters. The molecule has 0 radical (unpaired) electrons. The Morgan fingerprint density at radius 1 is 1.26 bits per heavy atom. The van der Waals surface area contributed by atoms with Gasteiger partial charge in [-0.15, -0.1) is 0 Å². The van der Waals surface area contributed by atoms with Crippen molar-refractivity contribution in [3.05, 3.63) is 63.9 Å². The van der Waals surface area contributed by atoms with E-state index < -0.39 is 11.4 Å². The molecule has 0 bridgehead atoms. The maximum atomic E-state index is 14.0. The van der Waals surface area contributed by atoms with Crippen molar-refractivity contribution in [2.24, 2.45) is 4.99 Å². The standard InChI is InChI=1S/C23H23BrFN3O3/c1-23(2,3)31-22(30)28-11-16(12-28)26-20(13-5-4-6-15(25)9-13)19-17-10-14(24)7-8-18(17)27-21(19)29/h4-10,16,27,29H,11-12H2,1-3H3. The lowest BCUT2D eigenvalue weighted by molar-refractivity contribution is 0.00907. The van der Waals surface area contributed by atoms with Crippen LogP contribution in [0.3, 0.4) is 0 Å². The average molecular weight is 488 g/mol. The van der Waals surface area contributed by atoms with Gasteiger partial charge in [0.1, 0.15) is 11.4 Å². The highest BCUT2D eigenvalue weighted by atomic mass is 79.9. The van der Waals surface area contributed by atoms with E-state index in [1.165, 1.54) is 12.1 Å². The summed E-state index contributed by atoms with van der Waals surface area (Å²) in [4.78, 5) is 21.6. The van der Waals surface area contributed by atoms with Gasteiger partial charge in [-0.25, -0.2) is 9.18 Å². The van der Waals surface area contributed by atoms with E-state index in [0.717, 1.165) is 15.4 Å². The van der Waals surface area contributed by atoms with E-state index >= 15 is 0 Å². The first-order chi connectivity index (χ1) is 14.6. The molecule has 162 valence electrons. The van der Waals surface area contributed by atoms with E-state index in [1.807, 2.05) is 39.0 Å². The largest absolute Gasteiger partial charge is 0.494 e. The lowest BCUT2D eigenvalue weighted by atomic mass is 9.99. The van der Waals surface area contributed by atoms with Gasteiger partial charge in [0.2, 0.25) is 0 Å². The Bertz CT molecular complexity index is 1180. The molecule has 31 heavy (non-hydrogen) atoms. The third-order valence-electron chi connectivity index (χ3n) is 4.90. The van der Waals surface area contributed by atoms with Crippen molar-refractivity contribution in [2.45, 2.75) is 32.4 Å². The molecule has 4 rings (SSSR count). The topological polar surface area (TPSA) is 77.9 Å². The van der Waals surface area contributed by atoms with Crippen LogP contribution in [-0.2, 0) is 4.74 Å². The third kappa shape index (κ3) is 4.58. The third-order valence-corrected chi connectivity index (χ3v) is 5.39. The number of likely N-dealkylation sites (tertiary alicyclic amines) is 1. The number of ether oxygens (including phenoxy) is 1. The number of fused-ring (bicyclic) bond motifs is 1. The lowest BCUT2D eigenvalue weighted by Gasteiger charge is -2.38. The number of aromatic amines is 1. The monoisotopic (exact) mass is 487 g/mol. The molecule has 0 unspecified atom stereocenters. The maximum absolute atomic E-state index is 14.0. The van der Waals surface area contributed by atoms with E-state index in [9.17, 15) is 14.3 Å². The normalized spacial score (nSPS) is 15.3. The van der Waals surface area contributed by atoms with Crippen LogP contribution in [0.25, 0.3) is 10.9 Å². The molecule has 1 saturated heterocycles. The average Bonchev–Trinajstić information content (AvgIpc) is 2.94. The Morgan fingerprint density at radius 3 is 2.68 bits per heavy atom. The molecular formula is C23H23BrFN3O3. The number of hydrogen-bond donors (Lipinski definition) is 2. The van der Waals surface area contributed by atoms with Gasteiger partial charge in [-0.2, -0.15) is 0 Å². The van der Waals surface area contributed by atoms with Crippen LogP contribution in [0.15, 0.2) is 51.9 Å². The molecular weight excluding hydrogens is 465 g/mol. The predicted molar refractivity (Wildman–Crippen MR) is 121 cm³/mol. The van der Waals surface area contributed by atoms with Gasteiger partial charge in [-0.3, -0.25) is 4.99 Å². The van der Waals surface area contributed by atoms with E-state index in [1.54, 1.807) is 17.0 Å². The molecule has 2 N–H and O–H groups in total. The first kappa shape index (κ1) is 21.4. The smallest absolute Gasteiger partial charge is 0.410 e. The number of hydrogen-bond acceptors (Lipinski definition) is 4. The summed E-state index contributed by atoms with van der Waals surface area (Å²) in [6.45, 7) is 6.24. The molecule has 1 aliphatic rings. The van der Waals surface area contributed by atoms with Crippen LogP contribution in [-0.4, -0.2) is 51.5 Å². The van der Waals surface area contributed by atoms with Crippen molar-refractivity contribution >= 4 is 38.6 Å². The van der Waals surface area contributed by atoms with Gasteiger partial charge in [0.15, 0.2) is 5.88 Å². The summed E-state index contributed by atoms with van der Waals surface area (Å²) in [6, 6.07) is 11.5. The number of halogens is 2. The number of H-pyrrole nitrogens is 1. The molecule has 8 heteroatoms. The fourth-order valence-corrected chi connectivity index (χ4v) is 3.87. The summed E-state index contributed by atoms with van der Waals surface area (Å²) in [5.74, 6) is -0.436. The molecule has 0 saturated carbocycles. The molecule has 2 heterocycles. The Hall–Kier alpha value is -2.87. The molecule has 0 spiro atoms. The van der Waals surface area contributed by atoms with Gasteiger partial charge in [-0.05, 0) is 51.1 Å². The van der Waals surface area contributed by atoms with Gasteiger partial charge < -0.3 is 19.7 Å². The zero-order chi connectivity index (χ0) is 22.3. The second-order valence-electron chi connectivity index (χ2n) is 8.57. The van der Waals surface area contributed by atoms with Gasteiger partial charge >= 0.3 is 6.09 Å². The predicted octanol–water partition coefficient (Wildman–Crippen LogP) is 5.23. The summed E-state index contributed by atoms with van der Waals surface area (Å²) in [5.41, 5.74) is 1.69. The highest BCUT2D eigenvalue weighted by Gasteiger charge is 2.34. The van der Waals surface area contributed by atoms with E-state index in [2.05, 4.69) is 20.9 Å². The summed E-state index contributed by atoms with van der Waals surface area (Å²) < 4.78 is 20.2. The van der Waals surface area contributed by atoms with Crippen molar-refractivity contribution in [3.8, 4) is 5.88 Å². The lowest BCUT2D eigenvalue weighted by Crippen LogP contribution is -2.54. The number of carbonyl (C=O) groups is 1. The number of aliphatic imine (C=N–C) groups is 1. The number of benzene rings is 2. The zero-order valence-electron chi connectivity index (χ0n) is 17.4. The number of carbonyl (C=O) groups excluding carboxylic acids is 1. The van der Waals surface area contributed by atoms with Gasteiger partial charge in [0.25, 0.3) is 0 Å². The Balaban J connectivity index is 1.71.